The van der Waals surface area contributed by atoms with Crippen molar-refractivity contribution >= 4 is 28.6 Å². The third-order valence-corrected chi connectivity index (χ3v) is 4.18. The first-order chi connectivity index (χ1) is 11.9. The third kappa shape index (κ3) is 2.70. The minimum Gasteiger partial charge on any atom is -0.492 e. The number of carbonyl (C=O) groups excluding carboxylic acids is 1. The van der Waals surface area contributed by atoms with Gasteiger partial charge in [-0.15, -0.1) is 0 Å². The van der Waals surface area contributed by atoms with Crippen molar-refractivity contribution < 1.29 is 18.7 Å². The van der Waals surface area contributed by atoms with E-state index in [4.69, 9.17) is 21.1 Å². The number of fused-ring (bicyclic) bond motifs is 1. The summed E-state index contributed by atoms with van der Waals surface area (Å²) in [5, 5.41) is 0.701. The minimum atomic E-state index is -0.698. The van der Waals surface area contributed by atoms with Crippen molar-refractivity contribution in [2.75, 3.05) is 14.2 Å². The lowest BCUT2D eigenvalue weighted by Crippen LogP contribution is -2.09. The van der Waals surface area contributed by atoms with Gasteiger partial charge >= 0.3 is 5.97 Å². The summed E-state index contributed by atoms with van der Waals surface area (Å²) < 4.78 is 26.3. The van der Waals surface area contributed by atoms with E-state index >= 15 is 0 Å². The Morgan fingerprint density at radius 1 is 1.28 bits per heavy atom. The Labute approximate surface area is 148 Å². The predicted octanol–water partition coefficient (Wildman–Crippen LogP) is 3.53. The molecular formula is C17H15ClFN3O3. The molecule has 3 aromatic rings. The normalized spacial score (nSPS) is 11.0. The van der Waals surface area contributed by atoms with Gasteiger partial charge in [0, 0.05) is 13.2 Å². The molecule has 0 spiro atoms. The summed E-state index contributed by atoms with van der Waals surface area (Å²) in [6, 6.07) is 2.93. The van der Waals surface area contributed by atoms with E-state index in [-0.39, 0.29) is 27.9 Å². The molecule has 2 aromatic heterocycles. The molecule has 6 nitrogen and oxygen atoms in total. The third-order valence-electron chi connectivity index (χ3n) is 3.88. The van der Waals surface area contributed by atoms with E-state index < -0.39 is 11.8 Å². The van der Waals surface area contributed by atoms with Crippen molar-refractivity contribution in [3.05, 3.63) is 40.4 Å². The van der Waals surface area contributed by atoms with Crippen molar-refractivity contribution in [2.45, 2.75) is 6.92 Å². The van der Waals surface area contributed by atoms with Gasteiger partial charge in [0.25, 0.3) is 0 Å². The van der Waals surface area contributed by atoms with Crippen LogP contribution in [0.25, 0.3) is 22.4 Å². The molecule has 0 N–H and O–H groups in total. The van der Waals surface area contributed by atoms with Crippen LogP contribution in [0.2, 0.25) is 5.02 Å². The standard InChI is InChI=1S/C17H15ClFN3O3/c1-8-7-22(2)16-11(8)13(17(23)25-4)20-15(21-16)9-5-6-10(18)14(24-3)12(9)19/h5-7H,1-4H3. The molecule has 0 fully saturated rings. The monoisotopic (exact) mass is 363 g/mol. The maximum atomic E-state index is 14.7. The molecule has 8 heteroatoms. The van der Waals surface area contributed by atoms with Crippen molar-refractivity contribution in [3.63, 3.8) is 0 Å². The summed E-state index contributed by atoms with van der Waals surface area (Å²) in [4.78, 5) is 20.8. The first-order valence-corrected chi connectivity index (χ1v) is 7.71. The minimum absolute atomic E-state index is 0.0431. The topological polar surface area (TPSA) is 66.2 Å². The van der Waals surface area contributed by atoms with Gasteiger partial charge in [-0.05, 0) is 24.6 Å². The zero-order valence-corrected chi connectivity index (χ0v) is 14.8. The van der Waals surface area contributed by atoms with E-state index in [9.17, 15) is 9.18 Å². The van der Waals surface area contributed by atoms with Crippen molar-refractivity contribution in [1.82, 2.24) is 14.5 Å². The van der Waals surface area contributed by atoms with Crippen LogP contribution in [-0.4, -0.2) is 34.7 Å². The smallest absolute Gasteiger partial charge is 0.357 e. The van der Waals surface area contributed by atoms with Crippen LogP contribution in [0.4, 0.5) is 4.39 Å². The molecule has 0 aliphatic rings. The van der Waals surface area contributed by atoms with Crippen LogP contribution in [0.5, 0.6) is 5.75 Å². The quantitative estimate of drug-likeness (QED) is 0.666. The van der Waals surface area contributed by atoms with Gasteiger partial charge in [0.2, 0.25) is 0 Å². The number of ether oxygens (including phenoxy) is 2. The highest BCUT2D eigenvalue weighted by Crippen LogP contribution is 2.34. The SMILES string of the molecule is COC(=O)c1nc(-c2ccc(Cl)c(OC)c2F)nc2c1c(C)cn2C. The van der Waals surface area contributed by atoms with Crippen LogP contribution in [0, 0.1) is 12.7 Å². The molecule has 0 unspecified atom stereocenters. The maximum absolute atomic E-state index is 14.7. The van der Waals surface area contributed by atoms with Gasteiger partial charge in [-0.1, -0.05) is 11.6 Å². The van der Waals surface area contributed by atoms with Crippen LogP contribution in [0.15, 0.2) is 18.3 Å². The second-order valence-corrected chi connectivity index (χ2v) is 5.86. The summed E-state index contributed by atoms with van der Waals surface area (Å²) in [6.45, 7) is 1.84. The Bertz CT molecular complexity index is 1000. The zero-order valence-electron chi connectivity index (χ0n) is 14.1. The first kappa shape index (κ1) is 17.2. The largest absolute Gasteiger partial charge is 0.492 e. The van der Waals surface area contributed by atoms with Gasteiger partial charge < -0.3 is 14.0 Å². The predicted molar refractivity (Wildman–Crippen MR) is 91.5 cm³/mol. The molecule has 0 saturated heterocycles. The number of rotatable bonds is 3. The first-order valence-electron chi connectivity index (χ1n) is 7.33. The van der Waals surface area contributed by atoms with E-state index in [1.54, 1.807) is 11.6 Å². The van der Waals surface area contributed by atoms with Crippen molar-refractivity contribution in [1.29, 1.82) is 0 Å². The summed E-state index contributed by atoms with van der Waals surface area (Å²) in [7, 11) is 4.37. The summed E-state index contributed by atoms with van der Waals surface area (Å²) in [5.41, 5.74) is 1.47. The second-order valence-electron chi connectivity index (χ2n) is 5.45. The van der Waals surface area contributed by atoms with E-state index in [1.165, 1.54) is 26.4 Å². The highest BCUT2D eigenvalue weighted by Gasteiger charge is 2.23. The average Bonchev–Trinajstić information content (AvgIpc) is 2.88. The number of aromatic nitrogens is 3. The molecule has 0 aliphatic carbocycles. The van der Waals surface area contributed by atoms with Crippen LogP contribution < -0.4 is 4.74 Å². The Kier molecular flexibility index (Phi) is 4.34. The summed E-state index contributed by atoms with van der Waals surface area (Å²) >= 11 is 5.93. The zero-order chi connectivity index (χ0) is 18.3. The number of hydrogen-bond acceptors (Lipinski definition) is 5. The molecule has 130 valence electrons. The van der Waals surface area contributed by atoms with Gasteiger partial charge in [-0.25, -0.2) is 19.2 Å². The number of aryl methyl sites for hydroxylation is 2. The lowest BCUT2D eigenvalue weighted by Gasteiger charge is -2.10. The van der Waals surface area contributed by atoms with E-state index in [1.807, 2.05) is 13.1 Å². The van der Waals surface area contributed by atoms with Crippen LogP contribution in [0.1, 0.15) is 16.1 Å². The van der Waals surface area contributed by atoms with Crippen molar-refractivity contribution in [2.24, 2.45) is 7.05 Å². The highest BCUT2D eigenvalue weighted by atomic mass is 35.5. The fraction of sp³-hybridized carbons (Fsp3) is 0.235. The molecule has 3 rings (SSSR count). The lowest BCUT2D eigenvalue weighted by molar-refractivity contribution is 0.0596. The average molecular weight is 364 g/mol. The highest BCUT2D eigenvalue weighted by molar-refractivity contribution is 6.32. The molecule has 1 aromatic carbocycles. The van der Waals surface area contributed by atoms with Gasteiger partial charge in [0.05, 0.1) is 30.2 Å². The number of nitrogens with zero attached hydrogens (tertiary/aromatic N) is 3. The van der Waals surface area contributed by atoms with Crippen LogP contribution in [0.3, 0.4) is 0 Å². The number of hydrogen-bond donors (Lipinski definition) is 0. The molecule has 0 radical (unpaired) electrons. The van der Waals surface area contributed by atoms with Gasteiger partial charge in [0.1, 0.15) is 5.65 Å². The van der Waals surface area contributed by atoms with E-state index in [0.29, 0.717) is 11.0 Å². The van der Waals surface area contributed by atoms with Gasteiger partial charge in [-0.2, -0.15) is 0 Å². The van der Waals surface area contributed by atoms with Crippen LogP contribution >= 0.6 is 11.6 Å². The van der Waals surface area contributed by atoms with E-state index in [0.717, 1.165) is 5.56 Å². The van der Waals surface area contributed by atoms with E-state index in [2.05, 4.69) is 9.97 Å². The molecule has 0 aliphatic heterocycles. The molecule has 25 heavy (non-hydrogen) atoms. The summed E-state index contributed by atoms with van der Waals surface area (Å²) in [6.07, 6.45) is 1.81. The van der Waals surface area contributed by atoms with Gasteiger partial charge in [-0.3, -0.25) is 0 Å². The Hall–Kier alpha value is -2.67. The number of methoxy groups -OCH3 is 2. The van der Waals surface area contributed by atoms with Gasteiger partial charge in [0.15, 0.2) is 23.1 Å². The molecule has 0 saturated carbocycles. The maximum Gasteiger partial charge on any atom is 0.357 e. The molecule has 0 amide bonds. The fourth-order valence-electron chi connectivity index (χ4n) is 2.74. The van der Waals surface area contributed by atoms with Crippen molar-refractivity contribution in [3.8, 4) is 17.1 Å². The lowest BCUT2D eigenvalue weighted by atomic mass is 10.1. The number of esters is 1. The number of carbonyl (C=O) groups is 1. The Morgan fingerprint density at radius 2 is 2.00 bits per heavy atom. The Morgan fingerprint density at radius 3 is 2.64 bits per heavy atom. The summed E-state index contributed by atoms with van der Waals surface area (Å²) in [5.74, 6) is -1.38. The Balaban J connectivity index is 2.35. The molecular weight excluding hydrogens is 349 g/mol. The van der Waals surface area contributed by atoms with Crippen LogP contribution in [-0.2, 0) is 11.8 Å². The molecule has 0 bridgehead atoms. The fourth-order valence-corrected chi connectivity index (χ4v) is 2.96. The molecule has 0 atom stereocenters. The number of benzene rings is 1. The second kappa shape index (κ2) is 6.33. The molecule has 2 heterocycles. The number of halogens is 2.